The van der Waals surface area contributed by atoms with Crippen LogP contribution in [0.15, 0.2) is 36.5 Å². The zero-order valence-electron chi connectivity index (χ0n) is 8.86. The lowest BCUT2D eigenvalue weighted by atomic mass is 10.2. The lowest BCUT2D eigenvalue weighted by molar-refractivity contribution is -0.125. The Balaban J connectivity index is 0. The van der Waals surface area contributed by atoms with Crippen LogP contribution in [0.5, 0.6) is 0 Å². The van der Waals surface area contributed by atoms with Crippen LogP contribution in [0.2, 0.25) is 0 Å². The lowest BCUT2D eigenvalue weighted by Crippen LogP contribution is -2.04. The van der Waals surface area contributed by atoms with Crippen molar-refractivity contribution in [2.24, 2.45) is 0 Å². The highest BCUT2D eigenvalue weighted by Crippen LogP contribution is 2.20. The van der Waals surface area contributed by atoms with Crippen molar-refractivity contribution in [2.75, 3.05) is 0 Å². The first-order valence-electron chi connectivity index (χ1n) is 4.48. The zero-order chi connectivity index (χ0) is 11.6. The normalized spacial score (nSPS) is 12.3. The van der Waals surface area contributed by atoms with Crippen LogP contribution in [0.25, 0.3) is 0 Å². The minimum Gasteiger partial charge on any atom is -0.171 e. The van der Waals surface area contributed by atoms with Gasteiger partial charge in [0.15, 0.2) is 0 Å². The molecule has 0 unspecified atom stereocenters. The summed E-state index contributed by atoms with van der Waals surface area (Å²) in [6.07, 6.45) is 0.857. The largest absolute Gasteiger partial charge is 0.392 e. The highest BCUT2D eigenvalue weighted by Gasteiger charge is 2.24. The summed E-state index contributed by atoms with van der Waals surface area (Å²) in [4.78, 5) is 0. The molecule has 0 radical (unpaired) electrons. The molecule has 0 aromatic rings. The standard InChI is InChI=1S/C9H11F3.C2H6/c1-3-4-5-8(2)6-7-9(10,11)12;1-2/h3-6H,1,7H2,2H3;1-2H3/b5-4-,8-6-;. The van der Waals surface area contributed by atoms with Gasteiger partial charge in [0.05, 0.1) is 6.42 Å². The third-order valence-corrected chi connectivity index (χ3v) is 1.15. The van der Waals surface area contributed by atoms with E-state index in [4.69, 9.17) is 0 Å². The molecule has 0 heterocycles. The Labute approximate surface area is 83.8 Å². The predicted molar refractivity (Wildman–Crippen MR) is 55.1 cm³/mol. The maximum absolute atomic E-state index is 11.6. The van der Waals surface area contributed by atoms with Gasteiger partial charge in [0.25, 0.3) is 0 Å². The van der Waals surface area contributed by atoms with Gasteiger partial charge in [-0.1, -0.05) is 50.3 Å². The number of allylic oxidation sites excluding steroid dienone is 5. The second kappa shape index (κ2) is 8.60. The Bertz CT molecular complexity index is 197. The first-order chi connectivity index (χ1) is 6.45. The van der Waals surface area contributed by atoms with E-state index < -0.39 is 12.6 Å². The van der Waals surface area contributed by atoms with E-state index in [-0.39, 0.29) is 0 Å². The van der Waals surface area contributed by atoms with Crippen molar-refractivity contribution in [2.45, 2.75) is 33.4 Å². The molecule has 0 N–H and O–H groups in total. The van der Waals surface area contributed by atoms with Crippen LogP contribution >= 0.6 is 0 Å². The molecular formula is C11H17F3. The molecule has 0 amide bonds. The molecule has 0 nitrogen and oxygen atoms in total. The molecule has 0 aromatic heterocycles. The average Bonchev–Trinajstić information content (AvgIpc) is 2.13. The van der Waals surface area contributed by atoms with Crippen molar-refractivity contribution >= 4 is 0 Å². The summed E-state index contributed by atoms with van der Waals surface area (Å²) in [6, 6.07) is 0. The average molecular weight is 206 g/mol. The number of hydrogen-bond donors (Lipinski definition) is 0. The van der Waals surface area contributed by atoms with Crippen LogP contribution in [0.4, 0.5) is 13.2 Å². The number of rotatable bonds is 3. The minimum absolute atomic E-state index is 0.590. The number of alkyl halides is 3. The molecule has 0 saturated carbocycles. The SMILES string of the molecule is C=C/C=C\C(C)=C/CC(F)(F)F.CC. The summed E-state index contributed by atoms with van der Waals surface area (Å²) < 4.78 is 34.9. The molecule has 0 rings (SSSR count). The zero-order valence-corrected chi connectivity index (χ0v) is 8.86. The molecule has 0 saturated heterocycles. The molecule has 82 valence electrons. The van der Waals surface area contributed by atoms with E-state index in [0.29, 0.717) is 5.57 Å². The van der Waals surface area contributed by atoms with Crippen molar-refractivity contribution < 1.29 is 13.2 Å². The fourth-order valence-corrected chi connectivity index (χ4v) is 0.565. The highest BCUT2D eigenvalue weighted by molar-refractivity contribution is 5.19. The van der Waals surface area contributed by atoms with Crippen LogP contribution in [0, 0.1) is 0 Å². The van der Waals surface area contributed by atoms with Gasteiger partial charge in [-0.15, -0.1) is 0 Å². The first kappa shape index (κ1) is 15.5. The van der Waals surface area contributed by atoms with Crippen molar-refractivity contribution in [1.29, 1.82) is 0 Å². The molecule has 0 aliphatic carbocycles. The molecule has 0 aliphatic rings. The quantitative estimate of drug-likeness (QED) is 0.589. The van der Waals surface area contributed by atoms with Crippen LogP contribution in [-0.2, 0) is 0 Å². The fourth-order valence-electron chi connectivity index (χ4n) is 0.565. The second-order valence-electron chi connectivity index (χ2n) is 2.36. The van der Waals surface area contributed by atoms with Crippen molar-refractivity contribution in [3.05, 3.63) is 36.5 Å². The predicted octanol–water partition coefficient (Wildman–Crippen LogP) is 4.65. The highest BCUT2D eigenvalue weighted by atomic mass is 19.4. The summed E-state index contributed by atoms with van der Waals surface area (Å²) >= 11 is 0. The van der Waals surface area contributed by atoms with E-state index in [1.807, 2.05) is 13.8 Å². The monoisotopic (exact) mass is 206 g/mol. The molecule has 3 heteroatoms. The van der Waals surface area contributed by atoms with Gasteiger partial charge in [0, 0.05) is 0 Å². The van der Waals surface area contributed by atoms with Crippen LogP contribution < -0.4 is 0 Å². The minimum atomic E-state index is -4.11. The maximum atomic E-state index is 11.6. The molecule has 0 atom stereocenters. The lowest BCUT2D eigenvalue weighted by Gasteiger charge is -2.01. The Morgan fingerprint density at radius 2 is 1.79 bits per heavy atom. The van der Waals surface area contributed by atoms with E-state index in [9.17, 15) is 13.2 Å². The van der Waals surface area contributed by atoms with Gasteiger partial charge >= 0.3 is 6.18 Å². The number of halogens is 3. The van der Waals surface area contributed by atoms with Crippen molar-refractivity contribution in [3.8, 4) is 0 Å². The van der Waals surface area contributed by atoms with E-state index in [0.717, 1.165) is 6.08 Å². The van der Waals surface area contributed by atoms with E-state index in [1.54, 1.807) is 19.1 Å². The van der Waals surface area contributed by atoms with Gasteiger partial charge < -0.3 is 0 Å². The third kappa shape index (κ3) is 13.6. The second-order valence-corrected chi connectivity index (χ2v) is 2.36. The first-order valence-corrected chi connectivity index (χ1v) is 4.48. The van der Waals surface area contributed by atoms with Gasteiger partial charge in [0.1, 0.15) is 0 Å². The Kier molecular flexibility index (Phi) is 9.51. The summed E-state index contributed by atoms with van der Waals surface area (Å²) in [5, 5.41) is 0. The van der Waals surface area contributed by atoms with Gasteiger partial charge in [-0.25, -0.2) is 0 Å². The molecule has 0 aromatic carbocycles. The molecule has 0 aliphatic heterocycles. The van der Waals surface area contributed by atoms with E-state index in [1.165, 1.54) is 6.08 Å². The van der Waals surface area contributed by atoms with Crippen molar-refractivity contribution in [3.63, 3.8) is 0 Å². The van der Waals surface area contributed by atoms with Gasteiger partial charge in [0.2, 0.25) is 0 Å². The Morgan fingerprint density at radius 3 is 2.14 bits per heavy atom. The maximum Gasteiger partial charge on any atom is 0.392 e. The van der Waals surface area contributed by atoms with Gasteiger partial charge in [-0.05, 0) is 6.92 Å². The third-order valence-electron chi connectivity index (χ3n) is 1.15. The molecule has 0 bridgehead atoms. The van der Waals surface area contributed by atoms with Crippen LogP contribution in [0.3, 0.4) is 0 Å². The Hall–Kier alpha value is -0.990. The molecule has 14 heavy (non-hydrogen) atoms. The Morgan fingerprint density at radius 1 is 1.29 bits per heavy atom. The molecule has 0 spiro atoms. The van der Waals surface area contributed by atoms with Crippen LogP contribution in [0.1, 0.15) is 27.2 Å². The molecular weight excluding hydrogens is 189 g/mol. The topological polar surface area (TPSA) is 0 Å². The smallest absolute Gasteiger partial charge is 0.171 e. The summed E-state index contributed by atoms with van der Waals surface area (Å²) in [7, 11) is 0. The van der Waals surface area contributed by atoms with E-state index in [2.05, 4.69) is 6.58 Å². The fraction of sp³-hybridized carbons (Fsp3) is 0.455. The van der Waals surface area contributed by atoms with Crippen LogP contribution in [-0.4, -0.2) is 6.18 Å². The van der Waals surface area contributed by atoms with E-state index >= 15 is 0 Å². The summed E-state index contributed by atoms with van der Waals surface area (Å²) in [6.45, 7) is 9.02. The van der Waals surface area contributed by atoms with Gasteiger partial charge in [-0.3, -0.25) is 0 Å². The van der Waals surface area contributed by atoms with Gasteiger partial charge in [-0.2, -0.15) is 13.2 Å². The number of hydrogen-bond acceptors (Lipinski definition) is 0. The molecule has 0 fully saturated rings. The van der Waals surface area contributed by atoms with Crippen molar-refractivity contribution in [1.82, 2.24) is 0 Å². The summed E-state index contributed by atoms with van der Waals surface area (Å²) in [5.41, 5.74) is 0.590. The summed E-state index contributed by atoms with van der Waals surface area (Å²) in [5.74, 6) is 0.